The van der Waals surface area contributed by atoms with Crippen LogP contribution < -0.4 is 10.6 Å². The quantitative estimate of drug-likeness (QED) is 0.477. The third-order valence-electron chi connectivity index (χ3n) is 5.88. The number of hydrogen-bond donors (Lipinski definition) is 2. The first-order chi connectivity index (χ1) is 14.8. The predicted octanol–water partition coefficient (Wildman–Crippen LogP) is 3.94. The Balaban J connectivity index is 1.77. The summed E-state index contributed by atoms with van der Waals surface area (Å²) < 4.78 is 37.3. The van der Waals surface area contributed by atoms with Gasteiger partial charge in [0.25, 0.3) is 0 Å². The molecule has 7 heteroatoms. The maximum atomic E-state index is 13.8. The molecule has 0 aliphatic heterocycles. The highest BCUT2D eigenvalue weighted by atomic mass is 32.2. The van der Waals surface area contributed by atoms with Crippen LogP contribution >= 0.6 is 0 Å². The zero-order valence-electron chi connectivity index (χ0n) is 18.3. The van der Waals surface area contributed by atoms with Gasteiger partial charge < -0.3 is 10.6 Å². The number of nitrogens with one attached hydrogen (secondary N) is 2. The van der Waals surface area contributed by atoms with E-state index in [0.717, 1.165) is 19.4 Å². The van der Waals surface area contributed by atoms with Gasteiger partial charge in [-0.25, -0.2) is 17.8 Å². The monoisotopic (exact) mass is 445 g/mol. The highest BCUT2D eigenvalue weighted by Crippen LogP contribution is 2.40. The lowest BCUT2D eigenvalue weighted by molar-refractivity contribution is 0.431. The SMILES string of the molecule is CCNC(=NCc1cc(F)ccc1CS(C)(=O)=O)NCC1(c2ccccc2)CCCC1. The third-order valence-corrected chi connectivity index (χ3v) is 6.71. The summed E-state index contributed by atoms with van der Waals surface area (Å²) >= 11 is 0. The van der Waals surface area contributed by atoms with Crippen molar-refractivity contribution in [3.05, 3.63) is 71.0 Å². The van der Waals surface area contributed by atoms with Gasteiger partial charge in [0.1, 0.15) is 5.82 Å². The zero-order chi connectivity index (χ0) is 22.3. The van der Waals surface area contributed by atoms with E-state index in [9.17, 15) is 12.8 Å². The molecule has 0 spiro atoms. The third kappa shape index (κ3) is 6.53. The van der Waals surface area contributed by atoms with Crippen LogP contribution in [-0.4, -0.2) is 33.7 Å². The lowest BCUT2D eigenvalue weighted by atomic mass is 9.79. The van der Waals surface area contributed by atoms with Gasteiger partial charge in [-0.1, -0.05) is 49.2 Å². The number of aliphatic imine (C=N–C) groups is 1. The molecule has 1 aliphatic rings. The van der Waals surface area contributed by atoms with Crippen molar-refractivity contribution in [2.75, 3.05) is 19.3 Å². The minimum atomic E-state index is -3.22. The lowest BCUT2D eigenvalue weighted by Gasteiger charge is -2.31. The largest absolute Gasteiger partial charge is 0.357 e. The molecule has 3 rings (SSSR count). The van der Waals surface area contributed by atoms with Crippen LogP contribution in [0.5, 0.6) is 0 Å². The van der Waals surface area contributed by atoms with Gasteiger partial charge in [-0.3, -0.25) is 0 Å². The number of halogens is 1. The zero-order valence-corrected chi connectivity index (χ0v) is 19.1. The van der Waals surface area contributed by atoms with Crippen molar-refractivity contribution in [2.45, 2.75) is 50.3 Å². The topological polar surface area (TPSA) is 70.6 Å². The summed E-state index contributed by atoms with van der Waals surface area (Å²) in [4.78, 5) is 4.63. The predicted molar refractivity (Wildman–Crippen MR) is 124 cm³/mol. The highest BCUT2D eigenvalue weighted by Gasteiger charge is 2.35. The second-order valence-corrected chi connectivity index (χ2v) is 10.5. The fourth-order valence-corrected chi connectivity index (χ4v) is 5.18. The minimum Gasteiger partial charge on any atom is -0.357 e. The van der Waals surface area contributed by atoms with Gasteiger partial charge in [-0.2, -0.15) is 0 Å². The van der Waals surface area contributed by atoms with E-state index in [1.165, 1.54) is 42.9 Å². The molecule has 0 aromatic heterocycles. The molecule has 31 heavy (non-hydrogen) atoms. The number of sulfone groups is 1. The summed E-state index contributed by atoms with van der Waals surface area (Å²) in [5.41, 5.74) is 2.59. The van der Waals surface area contributed by atoms with Crippen molar-refractivity contribution in [1.82, 2.24) is 10.6 Å². The van der Waals surface area contributed by atoms with Crippen molar-refractivity contribution >= 4 is 15.8 Å². The van der Waals surface area contributed by atoms with Crippen molar-refractivity contribution in [3.63, 3.8) is 0 Å². The maximum absolute atomic E-state index is 13.8. The van der Waals surface area contributed by atoms with Crippen LogP contribution in [0.3, 0.4) is 0 Å². The molecule has 5 nitrogen and oxygen atoms in total. The number of benzene rings is 2. The molecule has 0 amide bonds. The van der Waals surface area contributed by atoms with Gasteiger partial charge >= 0.3 is 0 Å². The van der Waals surface area contributed by atoms with Crippen LogP contribution in [0.2, 0.25) is 0 Å². The summed E-state index contributed by atoms with van der Waals surface area (Å²) in [5.74, 6) is 0.132. The van der Waals surface area contributed by atoms with Gasteiger partial charge in [-0.15, -0.1) is 0 Å². The summed E-state index contributed by atoms with van der Waals surface area (Å²) in [6.45, 7) is 3.67. The fraction of sp³-hybridized carbons (Fsp3) is 0.458. The number of nitrogens with zero attached hydrogens (tertiary/aromatic N) is 1. The number of guanidine groups is 1. The van der Waals surface area contributed by atoms with E-state index in [4.69, 9.17) is 0 Å². The molecule has 0 heterocycles. The molecule has 1 saturated carbocycles. The van der Waals surface area contributed by atoms with E-state index >= 15 is 0 Å². The first-order valence-electron chi connectivity index (χ1n) is 10.8. The average Bonchev–Trinajstić information content (AvgIpc) is 3.22. The van der Waals surface area contributed by atoms with E-state index < -0.39 is 15.7 Å². The number of hydrogen-bond acceptors (Lipinski definition) is 3. The molecule has 0 unspecified atom stereocenters. The van der Waals surface area contributed by atoms with Crippen LogP contribution in [0.1, 0.15) is 49.3 Å². The van der Waals surface area contributed by atoms with Crippen molar-refractivity contribution in [1.29, 1.82) is 0 Å². The molecule has 1 aliphatic carbocycles. The van der Waals surface area contributed by atoms with E-state index in [1.807, 2.05) is 13.0 Å². The van der Waals surface area contributed by atoms with E-state index in [-0.39, 0.29) is 17.7 Å². The molecule has 0 atom stereocenters. The van der Waals surface area contributed by atoms with Crippen molar-refractivity contribution < 1.29 is 12.8 Å². The van der Waals surface area contributed by atoms with Crippen LogP contribution in [0, 0.1) is 5.82 Å². The molecule has 0 bridgehead atoms. The van der Waals surface area contributed by atoms with Crippen LogP contribution in [-0.2, 0) is 27.5 Å². The Morgan fingerprint density at radius 3 is 2.42 bits per heavy atom. The van der Waals surface area contributed by atoms with Gasteiger partial charge in [0, 0.05) is 24.8 Å². The highest BCUT2D eigenvalue weighted by molar-refractivity contribution is 7.89. The summed E-state index contributed by atoms with van der Waals surface area (Å²) in [6, 6.07) is 14.8. The maximum Gasteiger partial charge on any atom is 0.191 e. The molecule has 0 saturated heterocycles. The Morgan fingerprint density at radius 1 is 1.06 bits per heavy atom. The van der Waals surface area contributed by atoms with Gasteiger partial charge in [0.05, 0.1) is 12.3 Å². The number of rotatable bonds is 8. The molecular weight excluding hydrogens is 413 g/mol. The molecule has 2 aromatic rings. The van der Waals surface area contributed by atoms with Crippen LogP contribution in [0.25, 0.3) is 0 Å². The van der Waals surface area contributed by atoms with E-state index in [2.05, 4.69) is 39.9 Å². The first kappa shape index (κ1) is 23.3. The standard InChI is InChI=1S/C24H32FN3O2S/c1-3-26-23(27-16-20-15-22(25)12-11-19(20)17-31(2,29)30)28-18-24(13-7-8-14-24)21-9-5-4-6-10-21/h4-6,9-12,15H,3,7-8,13-14,16-18H2,1-2H3,(H2,26,27,28). The molecule has 1 fully saturated rings. The first-order valence-corrected chi connectivity index (χ1v) is 12.9. The summed E-state index contributed by atoms with van der Waals surface area (Å²) in [6.07, 6.45) is 5.86. The Bertz CT molecular complexity index is 1000. The van der Waals surface area contributed by atoms with Crippen molar-refractivity contribution in [3.8, 4) is 0 Å². The molecular formula is C24H32FN3O2S. The van der Waals surface area contributed by atoms with Gasteiger partial charge in [0.2, 0.25) is 0 Å². The Hall–Kier alpha value is -2.41. The Labute approximate surface area is 185 Å². The van der Waals surface area contributed by atoms with Gasteiger partial charge in [0.15, 0.2) is 15.8 Å². The fourth-order valence-electron chi connectivity index (χ4n) is 4.33. The minimum absolute atomic E-state index is 0.0811. The molecule has 2 N–H and O–H groups in total. The Morgan fingerprint density at radius 2 is 1.77 bits per heavy atom. The lowest BCUT2D eigenvalue weighted by Crippen LogP contribution is -2.44. The summed E-state index contributed by atoms with van der Waals surface area (Å²) in [5, 5.41) is 6.74. The Kier molecular flexibility index (Phi) is 7.70. The molecule has 2 aromatic carbocycles. The van der Waals surface area contributed by atoms with Gasteiger partial charge in [-0.05, 0) is 48.6 Å². The van der Waals surface area contributed by atoms with Crippen LogP contribution in [0.15, 0.2) is 53.5 Å². The smallest absolute Gasteiger partial charge is 0.191 e. The molecule has 0 radical (unpaired) electrons. The van der Waals surface area contributed by atoms with E-state index in [1.54, 1.807) is 0 Å². The van der Waals surface area contributed by atoms with Crippen molar-refractivity contribution in [2.24, 2.45) is 4.99 Å². The normalized spacial score (nSPS) is 16.3. The van der Waals surface area contributed by atoms with Crippen LogP contribution in [0.4, 0.5) is 4.39 Å². The average molecular weight is 446 g/mol. The van der Waals surface area contributed by atoms with E-state index in [0.29, 0.717) is 23.6 Å². The second-order valence-electron chi connectivity index (χ2n) is 8.39. The molecule has 168 valence electrons. The summed E-state index contributed by atoms with van der Waals surface area (Å²) in [7, 11) is -3.22. The second kappa shape index (κ2) is 10.3.